The van der Waals surface area contributed by atoms with Gasteiger partial charge in [-0.05, 0) is 36.7 Å². The number of carbonyl (C=O) groups excluding carboxylic acids is 2. The van der Waals surface area contributed by atoms with Gasteiger partial charge in [0.25, 0.3) is 5.91 Å². The van der Waals surface area contributed by atoms with Crippen LogP contribution >= 0.6 is 11.6 Å². The molecule has 0 saturated heterocycles. The lowest BCUT2D eigenvalue weighted by atomic mass is 10.1. The zero-order chi connectivity index (χ0) is 18.5. The summed E-state index contributed by atoms with van der Waals surface area (Å²) in [6, 6.07) is 5.87. The molecule has 0 bridgehead atoms. The molecule has 0 saturated carbocycles. The summed E-state index contributed by atoms with van der Waals surface area (Å²) in [6.07, 6.45) is 0.331. The molecule has 0 aromatic heterocycles. The first-order valence-corrected chi connectivity index (χ1v) is 11.2. The summed E-state index contributed by atoms with van der Waals surface area (Å²) in [5, 5.41) is 3.04. The van der Waals surface area contributed by atoms with Gasteiger partial charge in [0.1, 0.15) is 6.04 Å². The van der Waals surface area contributed by atoms with Gasteiger partial charge in [-0.25, -0.2) is 0 Å². The van der Waals surface area contributed by atoms with Crippen LogP contribution in [-0.2, 0) is 9.22 Å². The first kappa shape index (κ1) is 20.7. The van der Waals surface area contributed by atoms with Crippen molar-refractivity contribution < 1.29 is 14.0 Å². The summed E-state index contributed by atoms with van der Waals surface area (Å²) in [5.41, 5.74) is 5.72. The zero-order valence-electron chi connectivity index (χ0n) is 15.0. The second kappa shape index (κ2) is 8.14. The van der Waals surface area contributed by atoms with Gasteiger partial charge in [0, 0.05) is 6.61 Å². The van der Waals surface area contributed by atoms with Crippen LogP contribution in [0.15, 0.2) is 24.3 Å². The fraction of sp³-hybridized carbons (Fsp3) is 0.529. The molecule has 1 aromatic rings. The van der Waals surface area contributed by atoms with Crippen molar-refractivity contribution in [1.82, 2.24) is 5.32 Å². The van der Waals surface area contributed by atoms with E-state index >= 15 is 0 Å². The zero-order valence-corrected chi connectivity index (χ0v) is 16.7. The smallest absolute Gasteiger partial charge is 0.253 e. The van der Waals surface area contributed by atoms with Crippen LogP contribution < -0.4 is 11.1 Å². The molecular weight excluding hydrogens is 344 g/mol. The van der Waals surface area contributed by atoms with Crippen molar-refractivity contribution in [1.29, 1.82) is 0 Å². The van der Waals surface area contributed by atoms with E-state index in [0.29, 0.717) is 23.6 Å². The van der Waals surface area contributed by atoms with Gasteiger partial charge < -0.3 is 15.5 Å². The number of nitrogens with two attached hydrogens (primary N) is 1. The van der Waals surface area contributed by atoms with Crippen molar-refractivity contribution in [3.8, 4) is 0 Å². The Morgan fingerprint density at radius 2 is 1.88 bits per heavy atom. The maximum Gasteiger partial charge on any atom is 0.253 e. The molecule has 1 aromatic carbocycles. The minimum Gasteiger partial charge on any atom is -0.417 e. The fourth-order valence-corrected chi connectivity index (χ4v) is 3.10. The molecule has 5 nitrogen and oxygen atoms in total. The Hall–Kier alpha value is -1.37. The molecular formula is C17H27ClN2O3Si. The molecule has 1 atom stereocenters. The third kappa shape index (κ3) is 5.61. The molecule has 134 valence electrons. The van der Waals surface area contributed by atoms with Gasteiger partial charge in [-0.1, -0.05) is 44.5 Å². The van der Waals surface area contributed by atoms with Crippen LogP contribution in [-0.4, -0.2) is 32.8 Å². The van der Waals surface area contributed by atoms with Crippen LogP contribution in [0.25, 0.3) is 0 Å². The maximum absolute atomic E-state index is 12.3. The van der Waals surface area contributed by atoms with Gasteiger partial charge in [-0.15, -0.1) is 0 Å². The molecule has 1 rings (SSSR count). The van der Waals surface area contributed by atoms with E-state index in [1.54, 1.807) is 24.3 Å². The normalized spacial score (nSPS) is 13.4. The van der Waals surface area contributed by atoms with E-state index in [4.69, 9.17) is 21.8 Å². The topological polar surface area (TPSA) is 81.4 Å². The van der Waals surface area contributed by atoms with Gasteiger partial charge >= 0.3 is 0 Å². The molecule has 0 aliphatic carbocycles. The van der Waals surface area contributed by atoms with E-state index < -0.39 is 26.2 Å². The summed E-state index contributed by atoms with van der Waals surface area (Å²) in [4.78, 5) is 23.9. The lowest BCUT2D eigenvalue weighted by Gasteiger charge is -2.36. The maximum atomic E-state index is 12.3. The highest BCUT2D eigenvalue weighted by Crippen LogP contribution is 2.36. The van der Waals surface area contributed by atoms with E-state index in [-0.39, 0.29) is 5.04 Å². The predicted molar refractivity (Wildman–Crippen MR) is 99.7 cm³/mol. The minimum absolute atomic E-state index is 0.0794. The molecule has 3 N–H and O–H groups in total. The largest absolute Gasteiger partial charge is 0.417 e. The fourth-order valence-electron chi connectivity index (χ4n) is 1.82. The van der Waals surface area contributed by atoms with Gasteiger partial charge in [-0.3, -0.25) is 9.59 Å². The SMILES string of the molecule is CC(C)(C)[Si](C)(C)OCC[C@@H](NC(=O)c1ccccc1Cl)C(N)=O. The van der Waals surface area contributed by atoms with Crippen LogP contribution in [0.5, 0.6) is 0 Å². The molecule has 0 unspecified atom stereocenters. The van der Waals surface area contributed by atoms with E-state index in [1.165, 1.54) is 0 Å². The Labute approximate surface area is 150 Å². The lowest BCUT2D eigenvalue weighted by molar-refractivity contribution is -0.120. The second-order valence-electron chi connectivity index (χ2n) is 7.31. The number of rotatable bonds is 7. The summed E-state index contributed by atoms with van der Waals surface area (Å²) in [7, 11) is -1.91. The van der Waals surface area contributed by atoms with Crippen LogP contribution in [0, 0.1) is 0 Å². The van der Waals surface area contributed by atoms with Gasteiger partial charge in [0.05, 0.1) is 10.6 Å². The van der Waals surface area contributed by atoms with E-state index in [1.807, 2.05) is 0 Å². The van der Waals surface area contributed by atoms with Crippen molar-refractivity contribution >= 4 is 31.7 Å². The highest BCUT2D eigenvalue weighted by atomic mass is 35.5. The molecule has 0 heterocycles. The molecule has 7 heteroatoms. The first-order chi connectivity index (χ1) is 11.0. The number of benzene rings is 1. The van der Waals surface area contributed by atoms with E-state index in [2.05, 4.69) is 39.2 Å². The lowest BCUT2D eigenvalue weighted by Crippen LogP contribution is -2.47. The average molecular weight is 371 g/mol. The Balaban J connectivity index is 2.68. The quantitative estimate of drug-likeness (QED) is 0.722. The summed E-state index contributed by atoms with van der Waals surface area (Å²) < 4.78 is 6.04. The van der Waals surface area contributed by atoms with E-state index in [0.717, 1.165) is 0 Å². The number of hydrogen-bond acceptors (Lipinski definition) is 3. The third-order valence-corrected chi connectivity index (χ3v) is 9.31. The highest BCUT2D eigenvalue weighted by Gasteiger charge is 2.37. The van der Waals surface area contributed by atoms with Crippen molar-refractivity contribution in [2.24, 2.45) is 5.73 Å². The molecule has 0 aliphatic heterocycles. The van der Waals surface area contributed by atoms with Gasteiger partial charge in [0.15, 0.2) is 8.32 Å². The van der Waals surface area contributed by atoms with Crippen molar-refractivity contribution in [2.75, 3.05) is 6.61 Å². The molecule has 0 aliphatic rings. The van der Waals surface area contributed by atoms with Crippen molar-refractivity contribution in [3.05, 3.63) is 34.9 Å². The summed E-state index contributed by atoms with van der Waals surface area (Å²) >= 11 is 6.00. The Morgan fingerprint density at radius 1 is 1.29 bits per heavy atom. The Bertz CT molecular complexity index is 600. The second-order valence-corrected chi connectivity index (χ2v) is 12.5. The van der Waals surface area contributed by atoms with Crippen LogP contribution in [0.1, 0.15) is 37.6 Å². The summed E-state index contributed by atoms with van der Waals surface area (Å²) in [6.45, 7) is 11.1. The molecule has 0 radical (unpaired) electrons. The molecule has 2 amide bonds. The predicted octanol–water partition coefficient (Wildman–Crippen LogP) is 3.34. The first-order valence-electron chi connectivity index (χ1n) is 7.94. The number of carbonyl (C=O) groups is 2. The van der Waals surface area contributed by atoms with Crippen molar-refractivity contribution in [2.45, 2.75) is 51.4 Å². The Kier molecular flexibility index (Phi) is 7.01. The van der Waals surface area contributed by atoms with Crippen molar-refractivity contribution in [3.63, 3.8) is 0 Å². The van der Waals surface area contributed by atoms with E-state index in [9.17, 15) is 9.59 Å². The molecule has 0 fully saturated rings. The molecule has 0 spiro atoms. The van der Waals surface area contributed by atoms with Gasteiger partial charge in [-0.2, -0.15) is 0 Å². The third-order valence-electron chi connectivity index (χ3n) is 4.44. The minimum atomic E-state index is -1.91. The average Bonchev–Trinajstić information content (AvgIpc) is 2.45. The standard InChI is InChI=1S/C17H27ClN2O3Si/c1-17(2,3)24(4,5)23-11-10-14(15(19)21)20-16(22)12-8-6-7-9-13(12)18/h6-9,14H,10-11H2,1-5H3,(H2,19,21)(H,20,22)/t14-/m1/s1. The highest BCUT2D eigenvalue weighted by molar-refractivity contribution is 6.74. The summed E-state index contributed by atoms with van der Waals surface area (Å²) in [5.74, 6) is -1.01. The number of nitrogens with one attached hydrogen (secondary N) is 1. The van der Waals surface area contributed by atoms with Crippen LogP contribution in [0.4, 0.5) is 0 Å². The number of hydrogen-bond donors (Lipinski definition) is 2. The monoisotopic (exact) mass is 370 g/mol. The number of halogens is 1. The van der Waals surface area contributed by atoms with Crippen LogP contribution in [0.2, 0.25) is 23.2 Å². The van der Waals surface area contributed by atoms with Gasteiger partial charge in [0.2, 0.25) is 5.91 Å². The number of amides is 2. The Morgan fingerprint density at radius 3 is 2.38 bits per heavy atom. The molecule has 24 heavy (non-hydrogen) atoms. The number of primary amides is 1. The van der Waals surface area contributed by atoms with Crippen LogP contribution in [0.3, 0.4) is 0 Å².